The van der Waals surface area contributed by atoms with E-state index >= 15 is 0 Å². The first-order chi connectivity index (χ1) is 7.75. The van der Waals surface area contributed by atoms with E-state index in [0.29, 0.717) is 24.8 Å². The first kappa shape index (κ1) is 14.5. The van der Waals surface area contributed by atoms with E-state index in [1.165, 1.54) is 0 Å². The molecule has 0 aliphatic carbocycles. The topological polar surface area (TPSA) is 29.5 Å². The fourth-order valence-electron chi connectivity index (χ4n) is 1.69. The van der Waals surface area contributed by atoms with E-state index < -0.39 is 0 Å². The number of carbonyl (C=O) groups excluding carboxylic acids is 1. The number of carbonyl (C=O) groups is 1. The number of ketones is 1. The molecule has 5 heteroatoms. The monoisotopic (exact) mass is 275 g/mol. The highest BCUT2D eigenvalue weighted by Crippen LogP contribution is 2.10. The van der Waals surface area contributed by atoms with Gasteiger partial charge in [0, 0.05) is 23.7 Å². The zero-order valence-corrected chi connectivity index (χ0v) is 11.0. The minimum Gasteiger partial charge on any atom is -0.379 e. The maximum Gasteiger partial charge on any atom is 0.176 e. The fraction of sp³-hybridized carbons (Fsp3) is 0.417. The molecule has 1 aromatic carbocycles. The van der Waals surface area contributed by atoms with Gasteiger partial charge >= 0.3 is 0 Å². The van der Waals surface area contributed by atoms with Gasteiger partial charge in [0.15, 0.2) is 5.78 Å². The van der Waals surface area contributed by atoms with Gasteiger partial charge in [0.05, 0.1) is 19.8 Å². The second-order valence-electron chi connectivity index (χ2n) is 3.82. The molecule has 1 aliphatic rings. The van der Waals surface area contributed by atoms with Crippen LogP contribution >= 0.6 is 24.0 Å². The first-order valence-electron chi connectivity index (χ1n) is 5.34. The number of rotatable bonds is 3. The summed E-state index contributed by atoms with van der Waals surface area (Å²) in [4.78, 5) is 14.0. The molecule has 94 valence electrons. The van der Waals surface area contributed by atoms with E-state index in [9.17, 15) is 4.79 Å². The second kappa shape index (κ2) is 6.97. The number of Topliss-reactive ketones (excluding diaryl/α,β-unsaturated/α-hetero) is 1. The molecule has 0 radical (unpaired) electrons. The Hall–Kier alpha value is -0.610. The molecule has 0 saturated carbocycles. The van der Waals surface area contributed by atoms with Crippen LogP contribution < -0.4 is 0 Å². The van der Waals surface area contributed by atoms with Crippen molar-refractivity contribution in [2.75, 3.05) is 32.8 Å². The highest BCUT2D eigenvalue weighted by molar-refractivity contribution is 6.30. The van der Waals surface area contributed by atoms with E-state index in [2.05, 4.69) is 4.90 Å². The Morgan fingerprint density at radius 2 is 1.82 bits per heavy atom. The summed E-state index contributed by atoms with van der Waals surface area (Å²) >= 11 is 5.77. The van der Waals surface area contributed by atoms with Gasteiger partial charge in [-0.25, -0.2) is 0 Å². The molecule has 17 heavy (non-hydrogen) atoms. The smallest absolute Gasteiger partial charge is 0.176 e. The van der Waals surface area contributed by atoms with Crippen LogP contribution in [-0.2, 0) is 4.74 Å². The molecule has 1 heterocycles. The largest absolute Gasteiger partial charge is 0.379 e. The van der Waals surface area contributed by atoms with Crippen LogP contribution in [-0.4, -0.2) is 43.5 Å². The highest BCUT2D eigenvalue weighted by Gasteiger charge is 2.15. The van der Waals surface area contributed by atoms with Crippen LogP contribution in [0.3, 0.4) is 0 Å². The summed E-state index contributed by atoms with van der Waals surface area (Å²) in [5, 5.41) is 0.655. The Labute approximate surface area is 112 Å². The summed E-state index contributed by atoms with van der Waals surface area (Å²) in [5.74, 6) is 0.138. The predicted molar refractivity (Wildman–Crippen MR) is 70.3 cm³/mol. The van der Waals surface area contributed by atoms with Gasteiger partial charge in [-0.05, 0) is 24.3 Å². The minimum absolute atomic E-state index is 0. The summed E-state index contributed by atoms with van der Waals surface area (Å²) in [6.07, 6.45) is 0. The van der Waals surface area contributed by atoms with Crippen LogP contribution in [0.15, 0.2) is 24.3 Å². The van der Waals surface area contributed by atoms with Crippen LogP contribution in [0.25, 0.3) is 0 Å². The third-order valence-electron chi connectivity index (χ3n) is 2.64. The lowest BCUT2D eigenvalue weighted by Gasteiger charge is -2.25. The number of morpholine rings is 1. The van der Waals surface area contributed by atoms with Crippen molar-refractivity contribution in [1.29, 1.82) is 0 Å². The molecule has 1 aromatic rings. The van der Waals surface area contributed by atoms with Crippen molar-refractivity contribution in [3.63, 3.8) is 0 Å². The van der Waals surface area contributed by atoms with Gasteiger partial charge in [-0.15, -0.1) is 12.4 Å². The molecule has 0 bridgehead atoms. The molecule has 1 saturated heterocycles. The third-order valence-corrected chi connectivity index (χ3v) is 2.89. The normalized spacial score (nSPS) is 16.3. The number of ether oxygens (including phenoxy) is 1. The Balaban J connectivity index is 0.00000144. The van der Waals surface area contributed by atoms with Crippen LogP contribution in [0, 0.1) is 0 Å². The third kappa shape index (κ3) is 4.28. The molecule has 0 N–H and O–H groups in total. The molecule has 0 aromatic heterocycles. The summed E-state index contributed by atoms with van der Waals surface area (Å²) < 4.78 is 5.23. The van der Waals surface area contributed by atoms with Gasteiger partial charge in [0.25, 0.3) is 0 Å². The van der Waals surface area contributed by atoms with Crippen molar-refractivity contribution >= 4 is 29.8 Å². The van der Waals surface area contributed by atoms with Crippen molar-refractivity contribution in [2.45, 2.75) is 0 Å². The fourth-order valence-corrected chi connectivity index (χ4v) is 1.82. The van der Waals surface area contributed by atoms with E-state index in [-0.39, 0.29) is 18.2 Å². The lowest BCUT2D eigenvalue weighted by Crippen LogP contribution is -2.39. The maximum absolute atomic E-state index is 11.9. The van der Waals surface area contributed by atoms with Crippen molar-refractivity contribution < 1.29 is 9.53 Å². The van der Waals surface area contributed by atoms with Crippen molar-refractivity contribution in [3.05, 3.63) is 34.9 Å². The molecule has 0 unspecified atom stereocenters. The SMILES string of the molecule is Cl.O=C(CN1CCOCC1)c1ccc(Cl)cc1. The Bertz CT molecular complexity index is 361. The zero-order chi connectivity index (χ0) is 11.4. The Morgan fingerprint density at radius 1 is 1.24 bits per heavy atom. The van der Waals surface area contributed by atoms with Gasteiger partial charge in [-0.3, -0.25) is 9.69 Å². The Kier molecular flexibility index (Phi) is 5.92. The predicted octanol–water partition coefficient (Wildman–Crippen LogP) is 2.28. The molecule has 1 aliphatic heterocycles. The van der Waals surface area contributed by atoms with Gasteiger partial charge in [-0.1, -0.05) is 11.6 Å². The first-order valence-corrected chi connectivity index (χ1v) is 5.72. The average Bonchev–Trinajstić information content (AvgIpc) is 2.31. The summed E-state index contributed by atoms with van der Waals surface area (Å²) in [7, 11) is 0. The Morgan fingerprint density at radius 3 is 2.41 bits per heavy atom. The molecule has 1 fully saturated rings. The van der Waals surface area contributed by atoms with Crippen LogP contribution in [0.1, 0.15) is 10.4 Å². The van der Waals surface area contributed by atoms with Crippen LogP contribution in [0.2, 0.25) is 5.02 Å². The maximum atomic E-state index is 11.9. The number of halogens is 2. The summed E-state index contributed by atoms with van der Waals surface area (Å²) in [5.41, 5.74) is 0.718. The van der Waals surface area contributed by atoms with Crippen molar-refractivity contribution in [1.82, 2.24) is 4.90 Å². The van der Waals surface area contributed by atoms with E-state index in [1.807, 2.05) is 0 Å². The summed E-state index contributed by atoms with van der Waals surface area (Å²) in [6, 6.07) is 7.03. The lowest BCUT2D eigenvalue weighted by molar-refractivity contribution is 0.0371. The van der Waals surface area contributed by atoms with Crippen LogP contribution in [0.5, 0.6) is 0 Å². The van der Waals surface area contributed by atoms with E-state index in [4.69, 9.17) is 16.3 Å². The molecule has 0 spiro atoms. The average molecular weight is 276 g/mol. The zero-order valence-electron chi connectivity index (χ0n) is 9.39. The number of nitrogens with zero attached hydrogens (tertiary/aromatic N) is 1. The molecule has 0 amide bonds. The standard InChI is InChI=1S/C12H14ClNO2.ClH/c13-11-3-1-10(2-4-11)12(15)9-14-5-7-16-8-6-14;/h1-4H,5-9H2;1H. The highest BCUT2D eigenvalue weighted by atomic mass is 35.5. The summed E-state index contributed by atoms with van der Waals surface area (Å²) in [6.45, 7) is 3.56. The molecule has 2 rings (SSSR count). The van der Waals surface area contributed by atoms with Crippen LogP contribution in [0.4, 0.5) is 0 Å². The molecular formula is C12H15Cl2NO2. The number of hydrogen-bond donors (Lipinski definition) is 0. The lowest BCUT2D eigenvalue weighted by atomic mass is 10.1. The van der Waals surface area contributed by atoms with E-state index in [0.717, 1.165) is 18.7 Å². The van der Waals surface area contributed by atoms with Gasteiger partial charge < -0.3 is 4.74 Å². The molecular weight excluding hydrogens is 261 g/mol. The minimum atomic E-state index is 0. The molecule has 0 atom stereocenters. The quantitative estimate of drug-likeness (QED) is 0.793. The second-order valence-corrected chi connectivity index (χ2v) is 4.26. The van der Waals surface area contributed by atoms with Gasteiger partial charge in [0.1, 0.15) is 0 Å². The van der Waals surface area contributed by atoms with Gasteiger partial charge in [0.2, 0.25) is 0 Å². The number of hydrogen-bond acceptors (Lipinski definition) is 3. The number of benzene rings is 1. The van der Waals surface area contributed by atoms with Gasteiger partial charge in [-0.2, -0.15) is 0 Å². The van der Waals surface area contributed by atoms with Crippen molar-refractivity contribution in [2.24, 2.45) is 0 Å². The van der Waals surface area contributed by atoms with E-state index in [1.54, 1.807) is 24.3 Å². The molecule has 3 nitrogen and oxygen atoms in total. The van der Waals surface area contributed by atoms with Crippen molar-refractivity contribution in [3.8, 4) is 0 Å².